The molecule has 1 aliphatic heterocycles. The second-order valence-electron chi connectivity index (χ2n) is 3.27. The molecule has 0 aromatic rings. The Morgan fingerprint density at radius 2 is 2.07 bits per heavy atom. The predicted molar refractivity (Wildman–Crippen MR) is 42.6 cm³/mol. The minimum Gasteiger partial charge on any atom is -0.468 e. The van der Waals surface area contributed by atoms with E-state index >= 15 is 0 Å². The van der Waals surface area contributed by atoms with Gasteiger partial charge in [0.2, 0.25) is 0 Å². The van der Waals surface area contributed by atoms with Gasteiger partial charge in [-0.1, -0.05) is 0 Å². The molecule has 0 radical (unpaired) electrons. The number of rotatable bonds is 1. The van der Waals surface area contributed by atoms with Crippen LogP contribution in [0.4, 0.5) is 13.2 Å². The van der Waals surface area contributed by atoms with Gasteiger partial charge in [-0.3, -0.25) is 10.1 Å². The van der Waals surface area contributed by atoms with Gasteiger partial charge in [0.1, 0.15) is 12.1 Å². The van der Waals surface area contributed by atoms with Crippen molar-refractivity contribution in [2.45, 2.75) is 37.5 Å². The summed E-state index contributed by atoms with van der Waals surface area (Å²) in [5, 5.41) is 2.24. The molecular weight excluding hydrogens is 199 g/mol. The predicted octanol–water partition coefficient (Wildman–Crippen LogP) is 1.23. The normalized spacial score (nSPS) is 28.6. The van der Waals surface area contributed by atoms with Crippen LogP contribution in [-0.2, 0) is 9.53 Å². The molecule has 82 valence electrons. The van der Waals surface area contributed by atoms with E-state index < -0.39 is 24.2 Å². The van der Waals surface area contributed by atoms with Gasteiger partial charge in [-0.15, -0.1) is 0 Å². The molecule has 0 unspecified atom stereocenters. The second-order valence-corrected chi connectivity index (χ2v) is 3.27. The summed E-state index contributed by atoms with van der Waals surface area (Å²) in [6, 6.07) is -2.40. The van der Waals surface area contributed by atoms with Gasteiger partial charge in [0.15, 0.2) is 0 Å². The Balaban J connectivity index is 2.56. The number of carbonyl (C=O) groups excluding carboxylic acids is 1. The van der Waals surface area contributed by atoms with Crippen LogP contribution in [0.15, 0.2) is 0 Å². The minimum absolute atomic E-state index is 0.0248. The van der Waals surface area contributed by atoms with Crippen molar-refractivity contribution >= 4 is 5.97 Å². The zero-order chi connectivity index (χ0) is 10.8. The smallest absolute Gasteiger partial charge is 0.403 e. The number of halogens is 3. The van der Waals surface area contributed by atoms with Crippen LogP contribution >= 0.6 is 0 Å². The molecule has 14 heavy (non-hydrogen) atoms. The second kappa shape index (κ2) is 4.16. The van der Waals surface area contributed by atoms with Gasteiger partial charge >= 0.3 is 12.1 Å². The van der Waals surface area contributed by atoms with Crippen molar-refractivity contribution in [1.29, 1.82) is 0 Å². The fourth-order valence-corrected chi connectivity index (χ4v) is 1.52. The maximum atomic E-state index is 12.3. The van der Waals surface area contributed by atoms with E-state index in [4.69, 9.17) is 0 Å². The van der Waals surface area contributed by atoms with Gasteiger partial charge in [-0.05, 0) is 19.3 Å². The first-order chi connectivity index (χ1) is 6.45. The lowest BCUT2D eigenvalue weighted by Crippen LogP contribution is -2.53. The highest BCUT2D eigenvalue weighted by molar-refractivity contribution is 5.75. The quantitative estimate of drug-likeness (QED) is 0.663. The van der Waals surface area contributed by atoms with E-state index in [1.807, 2.05) is 0 Å². The van der Waals surface area contributed by atoms with Gasteiger partial charge < -0.3 is 4.74 Å². The van der Waals surface area contributed by atoms with Crippen LogP contribution in [0.5, 0.6) is 0 Å². The highest BCUT2D eigenvalue weighted by atomic mass is 19.4. The zero-order valence-electron chi connectivity index (χ0n) is 7.73. The molecule has 0 aromatic heterocycles. The summed E-state index contributed by atoms with van der Waals surface area (Å²) in [5.41, 5.74) is 0. The molecule has 1 fully saturated rings. The molecule has 2 atom stereocenters. The molecule has 1 saturated heterocycles. The summed E-state index contributed by atoms with van der Waals surface area (Å²) in [4.78, 5) is 11.0. The molecule has 1 N–H and O–H groups in total. The molecular formula is C8H12F3NO2. The van der Waals surface area contributed by atoms with Gasteiger partial charge in [-0.25, -0.2) is 0 Å². The summed E-state index contributed by atoms with van der Waals surface area (Å²) in [5.74, 6) is -0.626. The molecule has 0 aliphatic carbocycles. The van der Waals surface area contributed by atoms with E-state index in [-0.39, 0.29) is 6.42 Å². The zero-order valence-corrected chi connectivity index (χ0v) is 7.73. The van der Waals surface area contributed by atoms with Crippen LogP contribution < -0.4 is 5.32 Å². The van der Waals surface area contributed by atoms with Crippen molar-refractivity contribution in [1.82, 2.24) is 5.32 Å². The van der Waals surface area contributed by atoms with Crippen LogP contribution in [0.2, 0.25) is 0 Å². The molecule has 0 amide bonds. The van der Waals surface area contributed by atoms with E-state index in [1.165, 1.54) is 7.11 Å². The Labute approximate surface area is 79.6 Å². The van der Waals surface area contributed by atoms with Gasteiger partial charge in [0, 0.05) is 0 Å². The molecule has 0 spiro atoms. The third-order valence-corrected chi connectivity index (χ3v) is 2.27. The van der Waals surface area contributed by atoms with E-state index in [2.05, 4.69) is 10.1 Å². The average molecular weight is 211 g/mol. The monoisotopic (exact) mass is 211 g/mol. The highest BCUT2D eigenvalue weighted by Gasteiger charge is 2.43. The van der Waals surface area contributed by atoms with Crippen molar-refractivity contribution in [3.05, 3.63) is 0 Å². The van der Waals surface area contributed by atoms with Crippen molar-refractivity contribution in [3.63, 3.8) is 0 Å². The maximum Gasteiger partial charge on any atom is 0.403 e. The summed E-state index contributed by atoms with van der Waals surface area (Å²) in [6.45, 7) is 0. The lowest BCUT2D eigenvalue weighted by molar-refractivity contribution is -0.168. The number of methoxy groups -OCH3 is 1. The van der Waals surface area contributed by atoms with Crippen molar-refractivity contribution in [3.8, 4) is 0 Å². The fourth-order valence-electron chi connectivity index (χ4n) is 1.52. The topological polar surface area (TPSA) is 38.3 Å². The first kappa shape index (κ1) is 11.3. The molecule has 0 aromatic carbocycles. The Bertz CT molecular complexity index is 217. The Hall–Kier alpha value is -0.780. The molecule has 6 heteroatoms. The van der Waals surface area contributed by atoms with Crippen molar-refractivity contribution < 1.29 is 22.7 Å². The third kappa shape index (κ3) is 2.60. The molecule has 0 saturated carbocycles. The first-order valence-electron chi connectivity index (χ1n) is 4.35. The Morgan fingerprint density at radius 1 is 1.43 bits per heavy atom. The van der Waals surface area contributed by atoms with Gasteiger partial charge in [0.05, 0.1) is 7.11 Å². The van der Waals surface area contributed by atoms with E-state index in [1.54, 1.807) is 0 Å². The Kier molecular flexibility index (Phi) is 3.36. The number of hydrogen-bond donors (Lipinski definition) is 1. The summed E-state index contributed by atoms with van der Waals surface area (Å²) >= 11 is 0. The lowest BCUT2D eigenvalue weighted by atomic mass is 9.98. The van der Waals surface area contributed by atoms with Crippen LogP contribution in [0.1, 0.15) is 19.3 Å². The van der Waals surface area contributed by atoms with Gasteiger partial charge in [-0.2, -0.15) is 13.2 Å². The van der Waals surface area contributed by atoms with Crippen molar-refractivity contribution in [2.75, 3.05) is 7.11 Å². The van der Waals surface area contributed by atoms with Crippen molar-refractivity contribution in [2.24, 2.45) is 0 Å². The number of nitrogens with one attached hydrogen (secondary N) is 1. The number of alkyl halides is 3. The number of esters is 1. The summed E-state index contributed by atoms with van der Waals surface area (Å²) < 4.78 is 41.2. The molecule has 1 aliphatic rings. The number of ether oxygens (including phenoxy) is 1. The summed E-state index contributed by atoms with van der Waals surface area (Å²) in [6.07, 6.45) is -3.47. The van der Waals surface area contributed by atoms with E-state index in [0.29, 0.717) is 12.8 Å². The number of piperidine rings is 1. The standard InChI is InChI=1S/C8H12F3NO2/c1-14-7(13)5-3-2-4-6(12-5)8(9,10)11/h5-6,12H,2-4H2,1H3/t5-,6+/m1/s1. The number of carbonyl (C=O) groups is 1. The van der Waals surface area contributed by atoms with E-state index in [9.17, 15) is 18.0 Å². The summed E-state index contributed by atoms with van der Waals surface area (Å²) in [7, 11) is 1.17. The molecule has 1 rings (SSSR count). The first-order valence-corrected chi connectivity index (χ1v) is 4.35. The minimum atomic E-state index is -4.29. The molecule has 0 bridgehead atoms. The van der Waals surface area contributed by atoms with Crippen LogP contribution in [0.3, 0.4) is 0 Å². The van der Waals surface area contributed by atoms with Crippen LogP contribution in [-0.4, -0.2) is 31.3 Å². The largest absolute Gasteiger partial charge is 0.468 e. The Morgan fingerprint density at radius 3 is 2.57 bits per heavy atom. The van der Waals surface area contributed by atoms with Crippen LogP contribution in [0.25, 0.3) is 0 Å². The lowest BCUT2D eigenvalue weighted by Gasteiger charge is -2.30. The third-order valence-electron chi connectivity index (χ3n) is 2.27. The van der Waals surface area contributed by atoms with E-state index in [0.717, 1.165) is 0 Å². The van der Waals surface area contributed by atoms with Crippen LogP contribution in [0, 0.1) is 0 Å². The maximum absolute atomic E-state index is 12.3. The molecule has 3 nitrogen and oxygen atoms in total. The van der Waals surface area contributed by atoms with Gasteiger partial charge in [0.25, 0.3) is 0 Å². The highest BCUT2D eigenvalue weighted by Crippen LogP contribution is 2.27. The fraction of sp³-hybridized carbons (Fsp3) is 0.875. The number of hydrogen-bond acceptors (Lipinski definition) is 3. The SMILES string of the molecule is COC(=O)[C@H]1CCC[C@@H](C(F)(F)F)N1. The average Bonchev–Trinajstić information content (AvgIpc) is 2.15. The molecule has 1 heterocycles.